The van der Waals surface area contributed by atoms with Crippen LogP contribution >= 0.6 is 11.3 Å². The van der Waals surface area contributed by atoms with E-state index >= 15 is 0 Å². The van der Waals surface area contributed by atoms with Crippen LogP contribution in [0.15, 0.2) is 54.0 Å². The van der Waals surface area contributed by atoms with Gasteiger partial charge in [0.25, 0.3) is 0 Å². The number of aromatic nitrogens is 4. The highest BCUT2D eigenvalue weighted by Crippen LogP contribution is 2.55. The lowest BCUT2D eigenvalue weighted by Gasteiger charge is -2.46. The van der Waals surface area contributed by atoms with Crippen molar-refractivity contribution in [3.8, 4) is 23.0 Å². The van der Waals surface area contributed by atoms with E-state index in [1.807, 2.05) is 45.0 Å². The number of pyridine rings is 2. The maximum atomic E-state index is 13.7. The van der Waals surface area contributed by atoms with Crippen LogP contribution in [0, 0.1) is 12.3 Å². The number of ether oxygens (including phenoxy) is 1. The first kappa shape index (κ1) is 25.6. The number of hydrogen-bond donors (Lipinski definition) is 1. The summed E-state index contributed by atoms with van der Waals surface area (Å²) in [5.41, 5.74) is 5.56. The Hall–Kier alpha value is -3.69. The number of amides is 1. The number of carbonyl (C=O) groups excluding carboxylic acids is 1. The number of benzene rings is 1. The molecule has 2 aliphatic heterocycles. The van der Waals surface area contributed by atoms with Gasteiger partial charge < -0.3 is 10.1 Å². The van der Waals surface area contributed by atoms with E-state index in [1.54, 1.807) is 5.51 Å². The highest BCUT2D eigenvalue weighted by atomic mass is 32.1. The lowest BCUT2D eigenvalue weighted by molar-refractivity contribution is -0.126. The van der Waals surface area contributed by atoms with E-state index in [1.165, 1.54) is 42.8 Å². The van der Waals surface area contributed by atoms with E-state index in [2.05, 4.69) is 51.6 Å². The SMILES string of the molecule is Cc1ccc2c(n1)Oc1nc(-c3ccc(CN4CCCC4)cc3)ccc1C2(C)C(C)(C)C(=O)Nc1nncs1. The molecule has 9 heteroatoms. The van der Waals surface area contributed by atoms with Gasteiger partial charge >= 0.3 is 0 Å². The summed E-state index contributed by atoms with van der Waals surface area (Å²) in [6.07, 6.45) is 2.57. The summed E-state index contributed by atoms with van der Waals surface area (Å²) in [6, 6.07) is 16.6. The van der Waals surface area contributed by atoms with E-state index in [-0.39, 0.29) is 5.91 Å². The molecule has 200 valence electrons. The van der Waals surface area contributed by atoms with Crippen molar-refractivity contribution in [3.63, 3.8) is 0 Å². The Labute approximate surface area is 232 Å². The Morgan fingerprint density at radius 2 is 1.72 bits per heavy atom. The third kappa shape index (κ3) is 4.49. The van der Waals surface area contributed by atoms with Gasteiger partial charge in [-0.2, -0.15) is 0 Å². The smallest absolute Gasteiger partial charge is 0.233 e. The molecule has 1 atom stereocenters. The molecule has 6 rings (SSSR count). The topological polar surface area (TPSA) is 93.1 Å². The van der Waals surface area contributed by atoms with Crippen molar-refractivity contribution < 1.29 is 9.53 Å². The maximum Gasteiger partial charge on any atom is 0.233 e. The standard InChI is InChI=1S/C30H32N6O2S/c1-19-7-12-22-25(32-19)38-26-23(30(22,4)29(2,3)27(37)34-28-35-31-18-39-28)13-14-24(33-26)21-10-8-20(9-11-21)17-36-15-5-6-16-36/h7-14,18H,5-6,15-17H2,1-4H3,(H,34,35,37). The second-order valence-electron chi connectivity index (χ2n) is 11.1. The van der Waals surface area contributed by atoms with Gasteiger partial charge in [-0.15, -0.1) is 10.2 Å². The normalized spacial score (nSPS) is 18.8. The zero-order valence-corrected chi connectivity index (χ0v) is 23.5. The molecule has 0 spiro atoms. The molecule has 3 aromatic heterocycles. The number of nitrogens with zero attached hydrogens (tertiary/aromatic N) is 5. The van der Waals surface area contributed by atoms with Crippen molar-refractivity contribution >= 4 is 22.4 Å². The van der Waals surface area contributed by atoms with Crippen LogP contribution in [0.1, 0.15) is 56.0 Å². The molecular formula is C30H32N6O2S. The molecule has 1 N–H and O–H groups in total. The molecule has 0 aliphatic carbocycles. The van der Waals surface area contributed by atoms with Crippen LogP contribution < -0.4 is 10.1 Å². The maximum absolute atomic E-state index is 13.7. The van der Waals surface area contributed by atoms with E-state index in [0.29, 0.717) is 16.9 Å². The fraction of sp³-hybridized carbons (Fsp3) is 0.367. The van der Waals surface area contributed by atoms with Crippen LogP contribution in [-0.2, 0) is 16.8 Å². The number of nitrogens with one attached hydrogen (secondary N) is 1. The second kappa shape index (κ2) is 9.81. The van der Waals surface area contributed by atoms with E-state index in [4.69, 9.17) is 14.7 Å². The molecule has 39 heavy (non-hydrogen) atoms. The van der Waals surface area contributed by atoms with Gasteiger partial charge in [0.2, 0.25) is 22.8 Å². The van der Waals surface area contributed by atoms with Gasteiger partial charge in [-0.1, -0.05) is 47.7 Å². The number of fused-ring (bicyclic) bond motifs is 2. The summed E-state index contributed by atoms with van der Waals surface area (Å²) in [5.74, 6) is 0.782. The molecule has 4 aromatic rings. The van der Waals surface area contributed by atoms with Gasteiger partial charge in [0.1, 0.15) is 5.51 Å². The average Bonchev–Trinajstić information content (AvgIpc) is 3.63. The van der Waals surface area contributed by atoms with Gasteiger partial charge in [0.05, 0.1) is 11.1 Å². The van der Waals surface area contributed by atoms with Crippen molar-refractivity contribution in [2.24, 2.45) is 5.41 Å². The van der Waals surface area contributed by atoms with Crippen LogP contribution in [0.2, 0.25) is 0 Å². The largest absolute Gasteiger partial charge is 0.420 e. The highest BCUT2D eigenvalue weighted by molar-refractivity contribution is 7.13. The van der Waals surface area contributed by atoms with Crippen LogP contribution in [0.4, 0.5) is 5.13 Å². The van der Waals surface area contributed by atoms with E-state index < -0.39 is 10.8 Å². The van der Waals surface area contributed by atoms with Crippen LogP contribution in [0.25, 0.3) is 11.3 Å². The predicted molar refractivity (Wildman–Crippen MR) is 152 cm³/mol. The van der Waals surface area contributed by atoms with Crippen molar-refractivity contribution in [2.75, 3.05) is 18.4 Å². The highest BCUT2D eigenvalue weighted by Gasteiger charge is 2.54. The first-order valence-corrected chi connectivity index (χ1v) is 14.2. The molecule has 1 aromatic carbocycles. The predicted octanol–water partition coefficient (Wildman–Crippen LogP) is 5.98. The molecule has 0 saturated carbocycles. The average molecular weight is 541 g/mol. The Kier molecular flexibility index (Phi) is 6.43. The molecule has 2 aliphatic rings. The van der Waals surface area contributed by atoms with Gasteiger partial charge in [-0.3, -0.25) is 9.69 Å². The summed E-state index contributed by atoms with van der Waals surface area (Å²) in [7, 11) is 0. The minimum atomic E-state index is -0.913. The van der Waals surface area contributed by atoms with Crippen molar-refractivity contribution in [3.05, 3.63) is 76.4 Å². The first-order chi connectivity index (χ1) is 18.8. The van der Waals surface area contributed by atoms with Crippen molar-refractivity contribution in [1.29, 1.82) is 0 Å². The van der Waals surface area contributed by atoms with Crippen LogP contribution in [0.5, 0.6) is 11.8 Å². The minimum Gasteiger partial charge on any atom is -0.420 e. The number of anilines is 1. The monoisotopic (exact) mass is 540 g/mol. The quantitative estimate of drug-likeness (QED) is 0.322. The van der Waals surface area contributed by atoms with Crippen molar-refractivity contribution in [1.82, 2.24) is 25.1 Å². The number of hydrogen-bond acceptors (Lipinski definition) is 8. The summed E-state index contributed by atoms with van der Waals surface area (Å²) in [4.78, 5) is 25.9. The second-order valence-corrected chi connectivity index (χ2v) is 11.9. The number of likely N-dealkylation sites (tertiary alicyclic amines) is 1. The van der Waals surface area contributed by atoms with Crippen LogP contribution in [0.3, 0.4) is 0 Å². The lowest BCUT2D eigenvalue weighted by atomic mass is 9.58. The zero-order chi connectivity index (χ0) is 27.2. The van der Waals surface area contributed by atoms with Gasteiger partial charge in [-0.05, 0) is 71.3 Å². The fourth-order valence-electron chi connectivity index (χ4n) is 5.65. The Morgan fingerprint density at radius 3 is 2.41 bits per heavy atom. The summed E-state index contributed by atoms with van der Waals surface area (Å²) in [5, 5.41) is 11.3. The molecule has 1 unspecified atom stereocenters. The summed E-state index contributed by atoms with van der Waals surface area (Å²) >= 11 is 1.29. The molecule has 1 fully saturated rings. The minimum absolute atomic E-state index is 0.168. The van der Waals surface area contributed by atoms with E-state index in [9.17, 15) is 4.79 Å². The summed E-state index contributed by atoms with van der Waals surface area (Å²) < 4.78 is 6.33. The molecule has 8 nitrogen and oxygen atoms in total. The number of aryl methyl sites for hydroxylation is 1. The third-order valence-electron chi connectivity index (χ3n) is 8.38. The van der Waals surface area contributed by atoms with E-state index in [0.717, 1.165) is 34.6 Å². The van der Waals surface area contributed by atoms with Gasteiger partial charge in [0, 0.05) is 34.3 Å². The zero-order valence-electron chi connectivity index (χ0n) is 22.7. The number of carbonyl (C=O) groups is 1. The Balaban J connectivity index is 1.38. The molecule has 5 heterocycles. The molecule has 0 radical (unpaired) electrons. The van der Waals surface area contributed by atoms with Gasteiger partial charge in [0.15, 0.2) is 0 Å². The fourth-order valence-corrected chi connectivity index (χ4v) is 6.09. The number of rotatable bonds is 6. The molecule has 1 saturated heterocycles. The van der Waals surface area contributed by atoms with Crippen molar-refractivity contribution in [2.45, 2.75) is 52.5 Å². The van der Waals surface area contributed by atoms with Crippen LogP contribution in [-0.4, -0.2) is 44.1 Å². The molecular weight excluding hydrogens is 508 g/mol. The Morgan fingerprint density at radius 1 is 1.03 bits per heavy atom. The summed E-state index contributed by atoms with van der Waals surface area (Å²) in [6.45, 7) is 11.2. The Bertz CT molecular complexity index is 1510. The lowest BCUT2D eigenvalue weighted by Crippen LogP contribution is -2.50. The molecule has 1 amide bonds. The third-order valence-corrected chi connectivity index (χ3v) is 8.99. The first-order valence-electron chi connectivity index (χ1n) is 13.3. The van der Waals surface area contributed by atoms with Gasteiger partial charge in [-0.25, -0.2) is 9.97 Å². The molecule has 0 bridgehead atoms.